The lowest BCUT2D eigenvalue weighted by Crippen LogP contribution is -2.11. The van der Waals surface area contributed by atoms with E-state index in [1.807, 2.05) is 55.5 Å². The van der Waals surface area contributed by atoms with Gasteiger partial charge in [0.2, 0.25) is 6.10 Å². The largest absolute Gasteiger partial charge is 0.465 e. The lowest BCUT2D eigenvalue weighted by molar-refractivity contribution is 0.0656. The topological polar surface area (TPSA) is 34.7 Å². The molecule has 1 atom stereocenters. The zero-order valence-electron chi connectivity index (χ0n) is 10.0. The first-order valence-corrected chi connectivity index (χ1v) is 5.85. The highest BCUT2D eigenvalue weighted by Crippen LogP contribution is 2.29. The number of furan rings is 1. The lowest BCUT2D eigenvalue weighted by atomic mass is 10.0. The van der Waals surface area contributed by atoms with Gasteiger partial charge >= 0.3 is 0 Å². The van der Waals surface area contributed by atoms with Gasteiger partial charge in [-0.25, -0.2) is 0 Å². The van der Waals surface area contributed by atoms with Crippen molar-refractivity contribution in [3.63, 3.8) is 0 Å². The van der Waals surface area contributed by atoms with Crippen molar-refractivity contribution >= 4 is 5.71 Å². The molecule has 0 N–H and O–H groups in total. The molecule has 1 aliphatic heterocycles. The molecule has 0 fully saturated rings. The van der Waals surface area contributed by atoms with Gasteiger partial charge < -0.3 is 9.25 Å². The number of allylic oxidation sites excluding steroid dienone is 1. The van der Waals surface area contributed by atoms with Crippen LogP contribution in [0.5, 0.6) is 0 Å². The smallest absolute Gasteiger partial charge is 0.205 e. The molecule has 0 saturated heterocycles. The molecule has 0 radical (unpaired) electrons. The summed E-state index contributed by atoms with van der Waals surface area (Å²) in [6.07, 6.45) is 3.46. The van der Waals surface area contributed by atoms with Gasteiger partial charge in [0.1, 0.15) is 5.71 Å². The molecule has 0 amide bonds. The molecular weight excluding hydrogens is 226 g/mol. The highest BCUT2D eigenvalue weighted by Gasteiger charge is 2.22. The molecule has 2 heterocycles. The molecule has 0 bridgehead atoms. The van der Waals surface area contributed by atoms with Crippen LogP contribution in [0.4, 0.5) is 0 Å². The van der Waals surface area contributed by atoms with Gasteiger partial charge in [0.05, 0.1) is 6.26 Å². The van der Waals surface area contributed by atoms with Crippen molar-refractivity contribution in [2.45, 2.75) is 13.0 Å². The SMILES string of the molecule is CC1=CC(c2ccccc2)=NOC1c1ccco1. The first-order chi connectivity index (χ1) is 8.84. The summed E-state index contributed by atoms with van der Waals surface area (Å²) < 4.78 is 5.35. The third-order valence-electron chi connectivity index (χ3n) is 2.91. The van der Waals surface area contributed by atoms with Crippen molar-refractivity contribution in [3.8, 4) is 0 Å². The van der Waals surface area contributed by atoms with E-state index < -0.39 is 0 Å². The molecule has 0 saturated carbocycles. The first-order valence-electron chi connectivity index (χ1n) is 5.85. The van der Waals surface area contributed by atoms with Gasteiger partial charge in [-0.3, -0.25) is 0 Å². The van der Waals surface area contributed by atoms with Crippen LogP contribution in [0, 0.1) is 0 Å². The molecule has 90 valence electrons. The highest BCUT2D eigenvalue weighted by atomic mass is 16.6. The summed E-state index contributed by atoms with van der Waals surface area (Å²) in [6.45, 7) is 2.02. The van der Waals surface area contributed by atoms with Crippen molar-refractivity contribution in [2.24, 2.45) is 5.16 Å². The minimum Gasteiger partial charge on any atom is -0.465 e. The van der Waals surface area contributed by atoms with Crippen LogP contribution in [-0.4, -0.2) is 5.71 Å². The number of hydrogen-bond donors (Lipinski definition) is 0. The average Bonchev–Trinajstić information content (AvgIpc) is 2.93. The lowest BCUT2D eigenvalue weighted by Gasteiger charge is -2.18. The van der Waals surface area contributed by atoms with E-state index in [-0.39, 0.29) is 6.10 Å². The predicted octanol–water partition coefficient (Wildman–Crippen LogP) is 3.70. The number of nitrogens with zero attached hydrogens (tertiary/aromatic N) is 1. The molecule has 0 spiro atoms. The van der Waals surface area contributed by atoms with E-state index in [1.54, 1.807) is 6.26 Å². The summed E-state index contributed by atoms with van der Waals surface area (Å²) in [6, 6.07) is 13.7. The molecule has 2 aromatic rings. The van der Waals surface area contributed by atoms with Crippen molar-refractivity contribution < 1.29 is 9.25 Å². The summed E-state index contributed by atoms with van der Waals surface area (Å²) in [4.78, 5) is 5.53. The fourth-order valence-corrected chi connectivity index (χ4v) is 1.97. The monoisotopic (exact) mass is 239 g/mol. The van der Waals surface area contributed by atoms with E-state index in [1.165, 1.54) is 0 Å². The van der Waals surface area contributed by atoms with Gasteiger partial charge in [-0.2, -0.15) is 0 Å². The first kappa shape index (κ1) is 10.8. The summed E-state index contributed by atoms with van der Waals surface area (Å²) in [7, 11) is 0. The Morgan fingerprint density at radius 3 is 2.56 bits per heavy atom. The van der Waals surface area contributed by atoms with Crippen LogP contribution in [0.2, 0.25) is 0 Å². The van der Waals surface area contributed by atoms with E-state index in [2.05, 4.69) is 5.16 Å². The van der Waals surface area contributed by atoms with Crippen molar-refractivity contribution in [1.82, 2.24) is 0 Å². The van der Waals surface area contributed by atoms with Crippen LogP contribution in [0.25, 0.3) is 0 Å². The van der Waals surface area contributed by atoms with Crippen LogP contribution in [0.3, 0.4) is 0 Å². The van der Waals surface area contributed by atoms with Crippen LogP contribution >= 0.6 is 0 Å². The summed E-state index contributed by atoms with van der Waals surface area (Å²) >= 11 is 0. The van der Waals surface area contributed by atoms with Crippen molar-refractivity contribution in [3.05, 3.63) is 71.7 Å². The second-order valence-corrected chi connectivity index (χ2v) is 4.23. The van der Waals surface area contributed by atoms with Crippen molar-refractivity contribution in [1.29, 1.82) is 0 Å². The normalized spacial score (nSPS) is 18.8. The third-order valence-corrected chi connectivity index (χ3v) is 2.91. The molecular formula is C15H13NO2. The number of benzene rings is 1. The Bertz CT molecular complexity index is 582. The van der Waals surface area contributed by atoms with Crippen LogP contribution in [0.15, 0.2) is 69.9 Å². The Hall–Kier alpha value is -2.29. The van der Waals surface area contributed by atoms with E-state index >= 15 is 0 Å². The molecule has 1 aliphatic rings. The van der Waals surface area contributed by atoms with E-state index in [0.717, 1.165) is 22.6 Å². The summed E-state index contributed by atoms with van der Waals surface area (Å²) in [5.74, 6) is 0.777. The van der Waals surface area contributed by atoms with Gasteiger partial charge in [0.25, 0.3) is 0 Å². The second-order valence-electron chi connectivity index (χ2n) is 4.23. The molecule has 0 aliphatic carbocycles. The Labute approximate surface area is 105 Å². The quantitative estimate of drug-likeness (QED) is 0.800. The van der Waals surface area contributed by atoms with Gasteiger partial charge in [-0.05, 0) is 30.7 Å². The zero-order chi connectivity index (χ0) is 12.4. The number of oxime groups is 1. The number of hydrogen-bond acceptors (Lipinski definition) is 3. The molecule has 3 heteroatoms. The van der Waals surface area contributed by atoms with Gasteiger partial charge in [-0.1, -0.05) is 35.5 Å². The molecule has 1 unspecified atom stereocenters. The minimum atomic E-state index is -0.215. The van der Waals surface area contributed by atoms with Crippen LogP contribution < -0.4 is 0 Å². The predicted molar refractivity (Wildman–Crippen MR) is 69.3 cm³/mol. The van der Waals surface area contributed by atoms with Gasteiger partial charge in [0, 0.05) is 5.56 Å². The second kappa shape index (κ2) is 4.53. The van der Waals surface area contributed by atoms with E-state index in [9.17, 15) is 0 Å². The Morgan fingerprint density at radius 1 is 1.06 bits per heavy atom. The number of rotatable bonds is 2. The maximum Gasteiger partial charge on any atom is 0.205 e. The molecule has 3 nitrogen and oxygen atoms in total. The van der Waals surface area contributed by atoms with E-state index in [4.69, 9.17) is 9.25 Å². The Morgan fingerprint density at radius 2 is 1.89 bits per heavy atom. The Balaban J connectivity index is 1.88. The molecule has 1 aromatic carbocycles. The molecule has 1 aromatic heterocycles. The molecule has 18 heavy (non-hydrogen) atoms. The third kappa shape index (κ3) is 1.95. The maximum atomic E-state index is 5.53. The molecule has 3 rings (SSSR count). The fourth-order valence-electron chi connectivity index (χ4n) is 1.97. The minimum absolute atomic E-state index is 0.215. The zero-order valence-corrected chi connectivity index (χ0v) is 10.0. The summed E-state index contributed by atoms with van der Waals surface area (Å²) in [5, 5.41) is 4.17. The van der Waals surface area contributed by atoms with E-state index in [0.29, 0.717) is 0 Å². The Kier molecular flexibility index (Phi) is 2.73. The summed E-state index contributed by atoms with van der Waals surface area (Å²) in [5.41, 5.74) is 2.98. The van der Waals surface area contributed by atoms with Crippen LogP contribution in [0.1, 0.15) is 24.4 Å². The van der Waals surface area contributed by atoms with Gasteiger partial charge in [0.15, 0.2) is 5.76 Å². The van der Waals surface area contributed by atoms with Gasteiger partial charge in [-0.15, -0.1) is 0 Å². The maximum absolute atomic E-state index is 5.53. The average molecular weight is 239 g/mol. The van der Waals surface area contributed by atoms with Crippen LogP contribution in [-0.2, 0) is 4.84 Å². The standard InChI is InChI=1S/C15H13NO2/c1-11-10-13(12-6-3-2-4-7-12)16-18-15(11)14-8-5-9-17-14/h2-10,15H,1H3. The highest BCUT2D eigenvalue weighted by molar-refractivity contribution is 6.09. The van der Waals surface area contributed by atoms with Crippen molar-refractivity contribution in [2.75, 3.05) is 0 Å². The fraction of sp³-hybridized carbons (Fsp3) is 0.133.